The number of halogens is 4. The van der Waals surface area contributed by atoms with Gasteiger partial charge in [-0.25, -0.2) is 21.6 Å². The van der Waals surface area contributed by atoms with E-state index in [4.69, 9.17) is 11.6 Å². The Morgan fingerprint density at radius 3 is 2.19 bits per heavy atom. The van der Waals surface area contributed by atoms with Gasteiger partial charge in [-0.1, -0.05) is 23.7 Å². The molecule has 0 radical (unpaired) electrons. The minimum absolute atomic E-state index is 0.0502. The third-order valence-corrected chi connectivity index (χ3v) is 6.49. The number of carbonyl (C=O) groups is 1. The molecule has 0 bridgehead atoms. The Morgan fingerprint density at radius 1 is 0.926 bits per heavy atom. The zero-order chi connectivity index (χ0) is 19.8. The van der Waals surface area contributed by atoms with Crippen molar-refractivity contribution in [2.75, 3.05) is 26.2 Å². The van der Waals surface area contributed by atoms with Crippen molar-refractivity contribution in [3.8, 4) is 0 Å². The van der Waals surface area contributed by atoms with E-state index >= 15 is 0 Å². The first-order valence-corrected chi connectivity index (χ1v) is 9.72. The zero-order valence-corrected chi connectivity index (χ0v) is 15.4. The highest BCUT2D eigenvalue weighted by molar-refractivity contribution is 7.89. The Hall–Kier alpha value is -2.10. The Morgan fingerprint density at radius 2 is 1.56 bits per heavy atom. The molecule has 1 aliphatic rings. The predicted octanol–water partition coefficient (Wildman–Crippen LogP) is 2.90. The number of carbonyl (C=O) groups excluding carboxylic acids is 1. The maximum absolute atomic E-state index is 13.9. The molecule has 0 atom stereocenters. The molecule has 0 spiro atoms. The van der Waals surface area contributed by atoms with Crippen LogP contribution in [-0.4, -0.2) is 49.7 Å². The highest BCUT2D eigenvalue weighted by Gasteiger charge is 2.33. The fraction of sp³-hybridized carbons (Fsp3) is 0.235. The van der Waals surface area contributed by atoms with Gasteiger partial charge in [0.15, 0.2) is 17.5 Å². The Balaban J connectivity index is 1.76. The van der Waals surface area contributed by atoms with Crippen molar-refractivity contribution in [3.63, 3.8) is 0 Å². The largest absolute Gasteiger partial charge is 0.336 e. The van der Waals surface area contributed by atoms with Crippen LogP contribution in [0.2, 0.25) is 5.02 Å². The monoisotopic (exact) mass is 418 g/mol. The molecular weight excluding hydrogens is 405 g/mol. The van der Waals surface area contributed by atoms with E-state index in [1.165, 1.54) is 4.90 Å². The van der Waals surface area contributed by atoms with Gasteiger partial charge in [-0.2, -0.15) is 4.31 Å². The smallest absolute Gasteiger partial charge is 0.255 e. The number of nitrogens with zero attached hydrogens (tertiary/aromatic N) is 2. The second-order valence-electron chi connectivity index (χ2n) is 5.85. The normalized spacial score (nSPS) is 15.8. The third-order valence-electron chi connectivity index (χ3n) is 4.25. The van der Waals surface area contributed by atoms with Crippen LogP contribution in [0.25, 0.3) is 0 Å². The Bertz CT molecular complexity index is 993. The molecule has 10 heteroatoms. The van der Waals surface area contributed by atoms with Gasteiger partial charge >= 0.3 is 0 Å². The van der Waals surface area contributed by atoms with Gasteiger partial charge in [0.1, 0.15) is 4.90 Å². The van der Waals surface area contributed by atoms with E-state index in [2.05, 4.69) is 0 Å². The van der Waals surface area contributed by atoms with Gasteiger partial charge in [-0.05, 0) is 24.3 Å². The van der Waals surface area contributed by atoms with E-state index in [1.807, 2.05) is 0 Å². The van der Waals surface area contributed by atoms with Crippen LogP contribution in [0, 0.1) is 17.5 Å². The van der Waals surface area contributed by atoms with Crippen LogP contribution in [-0.2, 0) is 10.0 Å². The van der Waals surface area contributed by atoms with Gasteiger partial charge in [0.2, 0.25) is 10.0 Å². The fourth-order valence-electron chi connectivity index (χ4n) is 2.78. The minimum atomic E-state index is -4.37. The molecule has 0 aliphatic carbocycles. The minimum Gasteiger partial charge on any atom is -0.336 e. The van der Waals surface area contributed by atoms with E-state index in [-0.39, 0.29) is 37.1 Å². The van der Waals surface area contributed by atoms with Gasteiger partial charge in [0.25, 0.3) is 5.91 Å². The second-order valence-corrected chi connectivity index (χ2v) is 8.16. The average molecular weight is 419 g/mol. The lowest BCUT2D eigenvalue weighted by molar-refractivity contribution is 0.0698. The highest BCUT2D eigenvalue weighted by atomic mass is 35.5. The summed E-state index contributed by atoms with van der Waals surface area (Å²) >= 11 is 6.00. The molecule has 1 fully saturated rings. The Labute approximate surface area is 159 Å². The molecule has 144 valence electrons. The predicted molar refractivity (Wildman–Crippen MR) is 92.4 cm³/mol. The van der Waals surface area contributed by atoms with Crippen molar-refractivity contribution in [2.24, 2.45) is 0 Å². The number of benzene rings is 2. The molecule has 0 saturated carbocycles. The van der Waals surface area contributed by atoms with E-state index < -0.39 is 32.4 Å². The SMILES string of the molecule is O=C(c1ccccc1Cl)N1CCN(S(=O)(=O)c2ccc(F)c(F)c2F)CC1. The molecule has 5 nitrogen and oxygen atoms in total. The molecule has 0 unspecified atom stereocenters. The van der Waals surface area contributed by atoms with Crippen LogP contribution in [0.4, 0.5) is 13.2 Å². The summed E-state index contributed by atoms with van der Waals surface area (Å²) < 4.78 is 66.3. The third kappa shape index (κ3) is 3.67. The van der Waals surface area contributed by atoms with Crippen LogP contribution in [0.1, 0.15) is 10.4 Å². The molecule has 1 heterocycles. The first kappa shape index (κ1) is 19.7. The lowest BCUT2D eigenvalue weighted by atomic mass is 10.2. The van der Waals surface area contributed by atoms with Crippen LogP contribution < -0.4 is 0 Å². The number of amides is 1. The van der Waals surface area contributed by atoms with Gasteiger partial charge in [0, 0.05) is 26.2 Å². The summed E-state index contributed by atoms with van der Waals surface area (Å²) in [5, 5.41) is 0.279. The summed E-state index contributed by atoms with van der Waals surface area (Å²) in [6.07, 6.45) is 0. The van der Waals surface area contributed by atoms with Crippen LogP contribution >= 0.6 is 11.6 Å². The zero-order valence-electron chi connectivity index (χ0n) is 13.8. The molecule has 1 aliphatic heterocycles. The van der Waals surface area contributed by atoms with Crippen LogP contribution in [0.5, 0.6) is 0 Å². The molecule has 1 amide bonds. The molecule has 3 rings (SSSR count). The molecule has 0 N–H and O–H groups in total. The standard InChI is InChI=1S/C17H14ClF3N2O3S/c18-12-4-2-1-3-11(12)17(24)22-7-9-23(10-8-22)27(25,26)14-6-5-13(19)15(20)16(14)21/h1-6H,7-10H2. The average Bonchev–Trinajstić information content (AvgIpc) is 2.66. The molecular formula is C17H14ClF3N2O3S. The highest BCUT2D eigenvalue weighted by Crippen LogP contribution is 2.25. The lowest BCUT2D eigenvalue weighted by Crippen LogP contribution is -2.50. The van der Waals surface area contributed by atoms with E-state index in [0.29, 0.717) is 17.7 Å². The number of rotatable bonds is 3. The Kier molecular flexibility index (Phi) is 5.45. The summed E-state index contributed by atoms with van der Waals surface area (Å²) in [5.74, 6) is -5.42. The van der Waals surface area contributed by atoms with Crippen molar-refractivity contribution in [1.29, 1.82) is 0 Å². The van der Waals surface area contributed by atoms with Gasteiger partial charge in [0.05, 0.1) is 10.6 Å². The van der Waals surface area contributed by atoms with Crippen molar-refractivity contribution >= 4 is 27.5 Å². The van der Waals surface area contributed by atoms with Gasteiger partial charge in [-0.3, -0.25) is 4.79 Å². The lowest BCUT2D eigenvalue weighted by Gasteiger charge is -2.34. The molecule has 2 aromatic carbocycles. The summed E-state index contributed by atoms with van der Waals surface area (Å²) in [4.78, 5) is 13.0. The summed E-state index contributed by atoms with van der Waals surface area (Å²) in [7, 11) is -4.37. The second kappa shape index (κ2) is 7.49. The first-order chi connectivity index (χ1) is 12.7. The summed E-state index contributed by atoms with van der Waals surface area (Å²) in [6, 6.07) is 7.71. The fourth-order valence-corrected chi connectivity index (χ4v) is 4.48. The number of hydrogen-bond donors (Lipinski definition) is 0. The number of piperazine rings is 1. The topological polar surface area (TPSA) is 57.7 Å². The quantitative estimate of drug-likeness (QED) is 0.720. The number of sulfonamides is 1. The molecule has 2 aromatic rings. The van der Waals surface area contributed by atoms with Gasteiger partial charge < -0.3 is 4.90 Å². The van der Waals surface area contributed by atoms with Gasteiger partial charge in [-0.15, -0.1) is 0 Å². The first-order valence-electron chi connectivity index (χ1n) is 7.91. The molecule has 1 saturated heterocycles. The maximum atomic E-state index is 13.9. The van der Waals surface area contributed by atoms with Crippen molar-refractivity contribution in [1.82, 2.24) is 9.21 Å². The van der Waals surface area contributed by atoms with E-state index in [9.17, 15) is 26.4 Å². The van der Waals surface area contributed by atoms with E-state index in [0.717, 1.165) is 4.31 Å². The van der Waals surface area contributed by atoms with Crippen molar-refractivity contribution in [3.05, 3.63) is 64.4 Å². The van der Waals surface area contributed by atoms with Crippen LogP contribution in [0.15, 0.2) is 41.3 Å². The van der Waals surface area contributed by atoms with E-state index in [1.54, 1.807) is 24.3 Å². The molecule has 27 heavy (non-hydrogen) atoms. The summed E-state index contributed by atoms with van der Waals surface area (Å²) in [5.41, 5.74) is 0.294. The summed E-state index contributed by atoms with van der Waals surface area (Å²) in [6.45, 7) is -0.128. The maximum Gasteiger partial charge on any atom is 0.255 e. The van der Waals surface area contributed by atoms with Crippen molar-refractivity contribution < 1.29 is 26.4 Å². The van der Waals surface area contributed by atoms with Crippen LogP contribution in [0.3, 0.4) is 0 Å². The number of hydrogen-bond acceptors (Lipinski definition) is 3. The molecule has 0 aromatic heterocycles. The van der Waals surface area contributed by atoms with Crippen molar-refractivity contribution in [2.45, 2.75) is 4.90 Å².